The second-order valence-electron chi connectivity index (χ2n) is 6.15. The molecule has 1 unspecified atom stereocenters. The van der Waals surface area contributed by atoms with E-state index < -0.39 is 18.0 Å². The van der Waals surface area contributed by atoms with E-state index in [1.54, 1.807) is 28.9 Å². The number of hydrogen-bond acceptors (Lipinski definition) is 5. The molecular formula is C20H20N4O3. The van der Waals surface area contributed by atoms with E-state index in [1.165, 1.54) is 13.1 Å². The summed E-state index contributed by atoms with van der Waals surface area (Å²) in [5.41, 5.74) is 2.73. The van der Waals surface area contributed by atoms with Crippen molar-refractivity contribution in [3.63, 3.8) is 0 Å². The van der Waals surface area contributed by atoms with Crippen LogP contribution in [-0.2, 0) is 9.53 Å². The first-order valence-corrected chi connectivity index (χ1v) is 8.50. The molecule has 0 fully saturated rings. The number of rotatable bonds is 5. The van der Waals surface area contributed by atoms with Crippen molar-refractivity contribution in [3.05, 3.63) is 71.7 Å². The van der Waals surface area contributed by atoms with Gasteiger partial charge in [-0.3, -0.25) is 4.79 Å². The van der Waals surface area contributed by atoms with Crippen LogP contribution in [0.25, 0.3) is 5.82 Å². The lowest BCUT2D eigenvalue weighted by Gasteiger charge is -2.13. The Labute approximate surface area is 157 Å². The van der Waals surface area contributed by atoms with Gasteiger partial charge >= 0.3 is 5.97 Å². The predicted molar refractivity (Wildman–Crippen MR) is 101 cm³/mol. The minimum Gasteiger partial charge on any atom is -0.449 e. The lowest BCUT2D eigenvalue weighted by Crippen LogP contribution is -2.30. The van der Waals surface area contributed by atoms with E-state index in [4.69, 9.17) is 4.74 Å². The Morgan fingerprint density at radius 3 is 2.44 bits per heavy atom. The molecule has 1 N–H and O–H groups in total. The number of esters is 1. The van der Waals surface area contributed by atoms with Gasteiger partial charge < -0.3 is 10.1 Å². The average Bonchev–Trinajstić information content (AvgIpc) is 3.00. The Kier molecular flexibility index (Phi) is 5.30. The Bertz CT molecular complexity index is 949. The number of carbonyl (C=O) groups is 2. The van der Waals surface area contributed by atoms with E-state index in [-0.39, 0.29) is 5.56 Å². The summed E-state index contributed by atoms with van der Waals surface area (Å²) < 4.78 is 6.93. The van der Waals surface area contributed by atoms with Crippen molar-refractivity contribution in [1.82, 2.24) is 14.8 Å². The van der Waals surface area contributed by atoms with Crippen LogP contribution in [0, 0.1) is 13.8 Å². The number of nitrogens with zero attached hydrogens (tertiary/aromatic N) is 3. The lowest BCUT2D eigenvalue weighted by atomic mass is 10.2. The molecule has 138 valence electrons. The molecule has 0 radical (unpaired) electrons. The SMILES string of the molecule is Cc1cc(C)n(-c2ccc(C(=O)OC(C)C(=O)Nc3ccccc3)cn2)n1. The number of anilines is 1. The van der Waals surface area contributed by atoms with Crippen molar-refractivity contribution in [2.24, 2.45) is 0 Å². The van der Waals surface area contributed by atoms with Gasteiger partial charge in [-0.1, -0.05) is 18.2 Å². The highest BCUT2D eigenvalue weighted by molar-refractivity contribution is 5.97. The predicted octanol–water partition coefficient (Wildman–Crippen LogP) is 3.07. The van der Waals surface area contributed by atoms with E-state index in [9.17, 15) is 9.59 Å². The molecule has 0 bridgehead atoms. The zero-order valence-corrected chi connectivity index (χ0v) is 15.3. The summed E-state index contributed by atoms with van der Waals surface area (Å²) in [6, 6.07) is 14.2. The summed E-state index contributed by atoms with van der Waals surface area (Å²) in [4.78, 5) is 28.7. The van der Waals surface area contributed by atoms with Crippen LogP contribution in [0.15, 0.2) is 54.7 Å². The molecule has 2 heterocycles. The fraction of sp³-hybridized carbons (Fsp3) is 0.200. The molecule has 7 heteroatoms. The van der Waals surface area contributed by atoms with Crippen LogP contribution in [-0.4, -0.2) is 32.7 Å². The van der Waals surface area contributed by atoms with Crippen LogP contribution in [0.4, 0.5) is 5.69 Å². The largest absolute Gasteiger partial charge is 0.449 e. The number of benzene rings is 1. The molecule has 0 saturated carbocycles. The molecule has 1 atom stereocenters. The maximum absolute atomic E-state index is 12.3. The van der Waals surface area contributed by atoms with Crippen molar-refractivity contribution in [2.75, 3.05) is 5.32 Å². The number of nitrogens with one attached hydrogen (secondary N) is 1. The maximum atomic E-state index is 12.3. The summed E-state index contributed by atoms with van der Waals surface area (Å²) >= 11 is 0. The first-order chi connectivity index (χ1) is 12.9. The summed E-state index contributed by atoms with van der Waals surface area (Å²) in [5.74, 6) is -0.410. The third kappa shape index (κ3) is 4.38. The van der Waals surface area contributed by atoms with Crippen molar-refractivity contribution in [1.29, 1.82) is 0 Å². The van der Waals surface area contributed by atoms with Crippen molar-refractivity contribution in [3.8, 4) is 5.82 Å². The van der Waals surface area contributed by atoms with Crippen LogP contribution in [0.3, 0.4) is 0 Å². The van der Waals surface area contributed by atoms with E-state index in [0.717, 1.165) is 11.4 Å². The molecule has 0 aliphatic rings. The molecular weight excluding hydrogens is 344 g/mol. The fourth-order valence-electron chi connectivity index (χ4n) is 2.54. The van der Waals surface area contributed by atoms with Gasteiger partial charge in [-0.25, -0.2) is 14.5 Å². The van der Waals surface area contributed by atoms with E-state index >= 15 is 0 Å². The molecule has 1 amide bonds. The fourth-order valence-corrected chi connectivity index (χ4v) is 2.54. The van der Waals surface area contributed by atoms with E-state index in [1.807, 2.05) is 38.1 Å². The molecule has 7 nitrogen and oxygen atoms in total. The first-order valence-electron chi connectivity index (χ1n) is 8.50. The van der Waals surface area contributed by atoms with E-state index in [0.29, 0.717) is 11.5 Å². The Hall–Kier alpha value is -3.48. The molecule has 0 aliphatic heterocycles. The van der Waals surface area contributed by atoms with Crippen LogP contribution < -0.4 is 5.32 Å². The zero-order chi connectivity index (χ0) is 19.4. The molecule has 3 aromatic rings. The third-order valence-corrected chi connectivity index (χ3v) is 3.90. The molecule has 2 aromatic heterocycles. The van der Waals surface area contributed by atoms with Gasteiger partial charge in [0.15, 0.2) is 11.9 Å². The smallest absolute Gasteiger partial charge is 0.340 e. The summed E-state index contributed by atoms with van der Waals surface area (Å²) in [6.07, 6.45) is 0.476. The van der Waals surface area contributed by atoms with Crippen LogP contribution >= 0.6 is 0 Å². The monoisotopic (exact) mass is 364 g/mol. The minimum atomic E-state index is -0.937. The highest BCUT2D eigenvalue weighted by Gasteiger charge is 2.19. The van der Waals surface area contributed by atoms with Gasteiger partial charge in [0.2, 0.25) is 0 Å². The first kappa shape index (κ1) is 18.3. The zero-order valence-electron chi connectivity index (χ0n) is 15.3. The quantitative estimate of drug-likeness (QED) is 0.703. The summed E-state index contributed by atoms with van der Waals surface area (Å²) in [7, 11) is 0. The molecule has 27 heavy (non-hydrogen) atoms. The van der Waals surface area contributed by atoms with Crippen molar-refractivity contribution in [2.45, 2.75) is 26.9 Å². The number of ether oxygens (including phenoxy) is 1. The summed E-state index contributed by atoms with van der Waals surface area (Å²) in [6.45, 7) is 5.35. The number of aryl methyl sites for hydroxylation is 2. The molecule has 0 aliphatic carbocycles. The number of amides is 1. The minimum absolute atomic E-state index is 0.264. The third-order valence-electron chi connectivity index (χ3n) is 3.90. The van der Waals surface area contributed by atoms with Crippen molar-refractivity contribution < 1.29 is 14.3 Å². The number of para-hydroxylation sites is 1. The van der Waals surface area contributed by atoms with Gasteiger partial charge in [-0.05, 0) is 51.1 Å². The number of carbonyl (C=O) groups excluding carboxylic acids is 2. The van der Waals surface area contributed by atoms with Gasteiger partial charge in [0.25, 0.3) is 5.91 Å². The van der Waals surface area contributed by atoms with Gasteiger partial charge in [0.1, 0.15) is 0 Å². The topological polar surface area (TPSA) is 86.1 Å². The standard InChI is InChI=1S/C20H20N4O3/c1-13-11-14(2)24(23-13)18-10-9-16(12-21-18)20(26)27-15(3)19(25)22-17-7-5-4-6-8-17/h4-12,15H,1-3H3,(H,22,25). The second-order valence-corrected chi connectivity index (χ2v) is 6.15. The van der Waals surface area contributed by atoms with Crippen molar-refractivity contribution >= 4 is 17.6 Å². The van der Waals surface area contributed by atoms with E-state index in [2.05, 4.69) is 15.4 Å². The normalized spacial score (nSPS) is 11.7. The van der Waals surface area contributed by atoms with Crippen LogP contribution in [0.2, 0.25) is 0 Å². The Morgan fingerprint density at radius 2 is 1.85 bits per heavy atom. The highest BCUT2D eigenvalue weighted by atomic mass is 16.5. The second kappa shape index (κ2) is 7.82. The molecule has 3 rings (SSSR count). The molecule has 0 saturated heterocycles. The Morgan fingerprint density at radius 1 is 1.11 bits per heavy atom. The highest BCUT2D eigenvalue weighted by Crippen LogP contribution is 2.12. The van der Waals surface area contributed by atoms with Crippen LogP contribution in [0.1, 0.15) is 28.7 Å². The summed E-state index contributed by atoms with van der Waals surface area (Å²) in [5, 5.41) is 7.05. The van der Waals surface area contributed by atoms with Gasteiger partial charge in [-0.2, -0.15) is 5.10 Å². The van der Waals surface area contributed by atoms with Crippen LogP contribution in [0.5, 0.6) is 0 Å². The number of aromatic nitrogens is 3. The average molecular weight is 364 g/mol. The Balaban J connectivity index is 1.63. The van der Waals surface area contributed by atoms with Gasteiger partial charge in [-0.15, -0.1) is 0 Å². The number of hydrogen-bond donors (Lipinski definition) is 1. The van der Waals surface area contributed by atoms with Gasteiger partial charge in [0, 0.05) is 17.6 Å². The number of pyridine rings is 1. The maximum Gasteiger partial charge on any atom is 0.340 e. The lowest BCUT2D eigenvalue weighted by molar-refractivity contribution is -0.123. The molecule has 0 spiro atoms. The van der Waals surface area contributed by atoms with Gasteiger partial charge in [0.05, 0.1) is 11.3 Å². The molecule has 1 aromatic carbocycles.